The number of methoxy groups -OCH3 is 1. The van der Waals surface area contributed by atoms with Crippen LogP contribution in [0.1, 0.15) is 30.1 Å². The molecule has 0 spiro atoms. The molecule has 1 fully saturated rings. The van der Waals surface area contributed by atoms with Gasteiger partial charge in [-0.2, -0.15) is 0 Å². The fourth-order valence-electron chi connectivity index (χ4n) is 4.42. The van der Waals surface area contributed by atoms with Crippen molar-refractivity contribution in [2.75, 3.05) is 26.7 Å². The van der Waals surface area contributed by atoms with Crippen LogP contribution in [0.3, 0.4) is 0 Å². The number of aliphatic carboxylic acids is 2. The lowest BCUT2D eigenvalue weighted by atomic mass is 10.0. The third kappa shape index (κ3) is 6.98. The number of rotatable bonds is 7. The van der Waals surface area contributed by atoms with Crippen LogP contribution in [0, 0.1) is 0 Å². The van der Waals surface area contributed by atoms with E-state index in [1.807, 2.05) is 30.3 Å². The number of nitrogens with one attached hydrogen (secondary N) is 1. The van der Waals surface area contributed by atoms with Gasteiger partial charge in [0.1, 0.15) is 11.3 Å². The molecule has 4 N–H and O–H groups in total. The monoisotopic (exact) mass is 539 g/mol. The molecule has 1 aliphatic rings. The third-order valence-electron chi connectivity index (χ3n) is 6.45. The van der Waals surface area contributed by atoms with Crippen molar-refractivity contribution in [3.05, 3.63) is 59.8 Å². The summed E-state index contributed by atoms with van der Waals surface area (Å²) in [5, 5.41) is 34.5. The van der Waals surface area contributed by atoms with Crippen LogP contribution in [-0.4, -0.2) is 79.5 Å². The number of β-amino-alcohol motifs (C(OH)–C–C–N with tert-alkyl or cyclic N) is 1. The maximum Gasteiger partial charge on any atom is 0.414 e. The van der Waals surface area contributed by atoms with Gasteiger partial charge in [0.05, 0.1) is 23.4 Å². The van der Waals surface area contributed by atoms with Crippen molar-refractivity contribution < 1.29 is 29.6 Å². The van der Waals surface area contributed by atoms with E-state index < -0.39 is 18.0 Å². The summed E-state index contributed by atoms with van der Waals surface area (Å²) in [6, 6.07) is 14.5. The zero-order chi connectivity index (χ0) is 27.1. The summed E-state index contributed by atoms with van der Waals surface area (Å²) in [5.74, 6) is -2.87. The molecule has 0 radical (unpaired) electrons. The van der Waals surface area contributed by atoms with Gasteiger partial charge in [0.2, 0.25) is 0 Å². The Morgan fingerprint density at radius 3 is 2.55 bits per heavy atom. The average Bonchev–Trinajstić information content (AvgIpc) is 3.40. The molecule has 200 valence electrons. The minimum absolute atomic E-state index is 0.490. The number of piperidine rings is 1. The lowest BCUT2D eigenvalue weighted by molar-refractivity contribution is -0.159. The quantitative estimate of drug-likeness (QED) is 0.256. The highest BCUT2D eigenvalue weighted by molar-refractivity contribution is 7.12. The molecule has 3 heterocycles. The molecule has 5 rings (SSSR count). The van der Waals surface area contributed by atoms with E-state index in [0.29, 0.717) is 12.6 Å². The minimum atomic E-state index is -1.82. The van der Waals surface area contributed by atoms with Crippen molar-refractivity contribution >= 4 is 44.6 Å². The predicted molar refractivity (Wildman–Crippen MR) is 142 cm³/mol. The van der Waals surface area contributed by atoms with Gasteiger partial charge in [-0.1, -0.05) is 10.6 Å². The molecule has 11 nitrogen and oxygen atoms in total. The lowest BCUT2D eigenvalue weighted by Crippen LogP contribution is -2.43. The van der Waals surface area contributed by atoms with E-state index in [4.69, 9.17) is 24.5 Å². The first kappa shape index (κ1) is 27.3. The molecule has 2 aromatic carbocycles. The Balaban J connectivity index is 0.000000505. The molecule has 0 saturated carbocycles. The summed E-state index contributed by atoms with van der Waals surface area (Å²) in [6.45, 7) is 3.42. The van der Waals surface area contributed by atoms with E-state index in [9.17, 15) is 5.11 Å². The van der Waals surface area contributed by atoms with Crippen molar-refractivity contribution in [1.29, 1.82) is 0 Å². The van der Waals surface area contributed by atoms with Crippen LogP contribution < -0.4 is 10.1 Å². The van der Waals surface area contributed by atoms with Gasteiger partial charge in [0, 0.05) is 30.7 Å². The first-order chi connectivity index (χ1) is 18.3. The second-order valence-corrected chi connectivity index (χ2v) is 9.73. The molecular formula is C26H29N5O6S. The smallest absolute Gasteiger partial charge is 0.414 e. The number of carboxylic acids is 2. The number of aliphatic hydroxyl groups excluding tert-OH is 1. The summed E-state index contributed by atoms with van der Waals surface area (Å²) >= 11 is 1.44. The Kier molecular flexibility index (Phi) is 9.13. The van der Waals surface area contributed by atoms with E-state index in [1.54, 1.807) is 13.3 Å². The number of fused-ring (bicyclic) bond motifs is 2. The Morgan fingerprint density at radius 1 is 1.11 bits per heavy atom. The number of carboxylic acid groups (broad SMARTS) is 2. The second kappa shape index (κ2) is 12.7. The summed E-state index contributed by atoms with van der Waals surface area (Å²) in [5.41, 5.74) is 4.01. The van der Waals surface area contributed by atoms with Gasteiger partial charge in [-0.25, -0.2) is 9.59 Å². The molecule has 1 saturated heterocycles. The number of hydrogen-bond acceptors (Lipinski definition) is 10. The number of hydrogen-bond donors (Lipinski definition) is 4. The highest BCUT2D eigenvalue weighted by atomic mass is 32.1. The van der Waals surface area contributed by atoms with Gasteiger partial charge in [0.15, 0.2) is 0 Å². The number of likely N-dealkylation sites (tertiary alicyclic amines) is 1. The number of ether oxygens (including phenoxy) is 1. The minimum Gasteiger partial charge on any atom is -0.497 e. The molecule has 0 aliphatic carbocycles. The number of pyridine rings is 1. The van der Waals surface area contributed by atoms with Crippen molar-refractivity contribution in [2.24, 2.45) is 0 Å². The molecule has 0 bridgehead atoms. The molecule has 0 unspecified atom stereocenters. The normalized spacial score (nSPS) is 15.1. The van der Waals surface area contributed by atoms with Crippen LogP contribution in [0.25, 0.3) is 21.1 Å². The number of aliphatic hydroxyl groups is 1. The number of aromatic nitrogens is 3. The van der Waals surface area contributed by atoms with Gasteiger partial charge in [0.25, 0.3) is 0 Å². The molecule has 2 aromatic heterocycles. The molecule has 38 heavy (non-hydrogen) atoms. The van der Waals surface area contributed by atoms with Gasteiger partial charge in [-0.15, -0.1) is 5.10 Å². The van der Waals surface area contributed by atoms with Gasteiger partial charge < -0.3 is 30.3 Å². The Hall–Kier alpha value is -3.71. The fraction of sp³-hybridized carbons (Fsp3) is 0.346. The van der Waals surface area contributed by atoms with Crippen LogP contribution >= 0.6 is 11.5 Å². The lowest BCUT2D eigenvalue weighted by Gasteiger charge is -2.33. The zero-order valence-corrected chi connectivity index (χ0v) is 21.6. The highest BCUT2D eigenvalue weighted by Gasteiger charge is 2.22. The van der Waals surface area contributed by atoms with Gasteiger partial charge in [-0.3, -0.25) is 4.98 Å². The van der Waals surface area contributed by atoms with E-state index in [2.05, 4.69) is 36.9 Å². The first-order valence-corrected chi connectivity index (χ1v) is 12.8. The van der Waals surface area contributed by atoms with Crippen LogP contribution in [0.5, 0.6) is 5.75 Å². The second-order valence-electron chi connectivity index (χ2n) is 8.94. The van der Waals surface area contributed by atoms with Gasteiger partial charge >= 0.3 is 11.9 Å². The SMILES string of the molecule is COc1ccc2nccc([C@@H](O)CN3CCC(NCc4ccc5nnsc5c4)CC3)c2c1.O=C(O)C(=O)O. The summed E-state index contributed by atoms with van der Waals surface area (Å²) in [4.78, 5) is 25.0. The van der Waals surface area contributed by atoms with E-state index in [0.717, 1.165) is 64.9 Å². The summed E-state index contributed by atoms with van der Waals surface area (Å²) in [6.07, 6.45) is 3.35. The van der Waals surface area contributed by atoms with E-state index in [-0.39, 0.29) is 0 Å². The topological polar surface area (TPSA) is 158 Å². The zero-order valence-electron chi connectivity index (χ0n) is 20.8. The molecule has 1 atom stereocenters. The maximum absolute atomic E-state index is 11.0. The fourth-order valence-corrected chi connectivity index (χ4v) is 5.04. The average molecular weight is 540 g/mol. The Morgan fingerprint density at radius 2 is 1.84 bits per heavy atom. The van der Waals surface area contributed by atoms with Crippen LogP contribution in [-0.2, 0) is 16.1 Å². The van der Waals surface area contributed by atoms with Gasteiger partial charge in [-0.05, 0) is 85.0 Å². The van der Waals surface area contributed by atoms with Crippen molar-refractivity contribution in [3.63, 3.8) is 0 Å². The third-order valence-corrected chi connectivity index (χ3v) is 7.14. The number of carbonyl (C=O) groups is 2. The molecular weight excluding hydrogens is 510 g/mol. The van der Waals surface area contributed by atoms with Crippen molar-refractivity contribution in [3.8, 4) is 5.75 Å². The van der Waals surface area contributed by atoms with Crippen molar-refractivity contribution in [1.82, 2.24) is 24.8 Å². The maximum atomic E-state index is 11.0. The molecule has 1 aliphatic heterocycles. The Bertz CT molecular complexity index is 1390. The Labute approximate surface area is 222 Å². The predicted octanol–water partition coefficient (Wildman–Crippen LogP) is 2.69. The highest BCUT2D eigenvalue weighted by Crippen LogP contribution is 2.28. The molecule has 0 amide bonds. The summed E-state index contributed by atoms with van der Waals surface area (Å²) in [7, 11) is 1.65. The van der Waals surface area contributed by atoms with E-state index in [1.165, 1.54) is 17.1 Å². The summed E-state index contributed by atoms with van der Waals surface area (Å²) < 4.78 is 10.5. The standard InChI is InChI=1S/C24H27N5O2S.C2H2O4/c1-31-18-3-5-21-20(13-18)19(6-9-25-21)23(30)15-29-10-7-17(8-11-29)26-14-16-2-4-22-24(12-16)32-28-27-22;3-1(4)2(5)6/h2-6,9,12-13,17,23,26,30H,7-8,10-11,14-15H2,1H3;(H,3,4)(H,5,6)/t23-;/m0./s1. The number of nitrogens with zero attached hydrogens (tertiary/aromatic N) is 4. The van der Waals surface area contributed by atoms with Crippen LogP contribution in [0.4, 0.5) is 0 Å². The molecule has 4 aromatic rings. The van der Waals surface area contributed by atoms with Crippen LogP contribution in [0.2, 0.25) is 0 Å². The largest absolute Gasteiger partial charge is 0.497 e. The van der Waals surface area contributed by atoms with Crippen molar-refractivity contribution in [2.45, 2.75) is 31.5 Å². The first-order valence-electron chi connectivity index (χ1n) is 12.1. The molecule has 12 heteroatoms. The number of benzene rings is 2. The van der Waals surface area contributed by atoms with E-state index >= 15 is 0 Å². The van der Waals surface area contributed by atoms with Crippen LogP contribution in [0.15, 0.2) is 48.7 Å².